The van der Waals surface area contributed by atoms with Crippen molar-refractivity contribution >= 4 is 43.3 Å². The van der Waals surface area contributed by atoms with Gasteiger partial charge in [0.2, 0.25) is 0 Å². The number of hydrogen-bond acceptors (Lipinski definition) is 18. The number of methoxy groups -OCH3 is 1. The van der Waals surface area contributed by atoms with Crippen LogP contribution in [0.5, 0.6) is 0 Å². The van der Waals surface area contributed by atoms with Gasteiger partial charge in [-0.2, -0.15) is 0 Å². The Kier molecular flexibility index (Phi) is 10.3. The average Bonchev–Trinajstić information content (AvgIpc) is 3.49. The fraction of sp³-hybridized carbons (Fsp3) is 0.667. The van der Waals surface area contributed by atoms with Crippen molar-refractivity contribution in [3.63, 3.8) is 0 Å². The Morgan fingerprint density at radius 3 is 2.52 bits per heavy atom. The quantitative estimate of drug-likeness (QED) is 0.0800. The highest BCUT2D eigenvalue weighted by Crippen LogP contribution is 2.62. The number of phosphoric acid groups is 1. The molecule has 0 spiro atoms. The molecule has 2 aromatic heterocycles. The first-order valence-corrected chi connectivity index (χ1v) is 16.7. The number of anilines is 1. The van der Waals surface area contributed by atoms with E-state index in [0.717, 1.165) is 0 Å². The van der Waals surface area contributed by atoms with Gasteiger partial charge in [0.05, 0.1) is 19.5 Å². The van der Waals surface area contributed by atoms with E-state index in [9.17, 15) is 39.9 Å². The lowest BCUT2D eigenvalue weighted by molar-refractivity contribution is -0.292. The highest BCUT2D eigenvalue weighted by molar-refractivity contribution is 8.08. The molecule has 7 unspecified atom stereocenters. The third-order valence-electron chi connectivity index (χ3n) is 7.22. The summed E-state index contributed by atoms with van der Waals surface area (Å²) in [5.41, 5.74) is 2.89. The molecule has 0 saturated carbocycles. The number of nitrogens with zero attached hydrogens (tertiary/aromatic N) is 4. The average molecular weight is 690 g/mol. The van der Waals surface area contributed by atoms with E-state index in [1.54, 1.807) is 0 Å². The van der Waals surface area contributed by atoms with Gasteiger partial charge in [-0.1, -0.05) is 12.7 Å². The first-order valence-electron chi connectivity index (χ1n) is 12.6. The third kappa shape index (κ3) is 6.48. The Bertz CT molecular complexity index is 1460. The molecule has 0 radical (unpaired) electrons. The molecule has 10 N–H and O–H groups in total. The maximum Gasteiger partial charge on any atom is 0.481 e. The summed E-state index contributed by atoms with van der Waals surface area (Å²) in [5.74, 6) is 0.0747. The first kappa shape index (κ1) is 35.3. The topological polar surface area (TPSA) is 304 Å². The van der Waals surface area contributed by atoms with Crippen LogP contribution in [0, 0.1) is 0 Å². The van der Waals surface area contributed by atoms with Crippen molar-refractivity contribution in [1.82, 2.24) is 19.5 Å². The van der Waals surface area contributed by atoms with Crippen LogP contribution in [-0.2, 0) is 43.9 Å². The molecule has 44 heavy (non-hydrogen) atoms. The van der Waals surface area contributed by atoms with Gasteiger partial charge in [0.1, 0.15) is 54.1 Å². The number of imidazole rings is 1. The van der Waals surface area contributed by atoms with Gasteiger partial charge in [0.25, 0.3) is 0 Å². The molecule has 2 fully saturated rings. The van der Waals surface area contributed by atoms with Gasteiger partial charge in [-0.3, -0.25) is 9.09 Å². The molecule has 2 aromatic rings. The summed E-state index contributed by atoms with van der Waals surface area (Å²) in [7, 11) is -4.21. The molecular formula is C21H33N5O15P2S. The molecule has 0 aliphatic carbocycles. The van der Waals surface area contributed by atoms with Crippen LogP contribution in [0.25, 0.3) is 11.2 Å². The summed E-state index contributed by atoms with van der Waals surface area (Å²) in [6.07, 6.45) is -10.9. The minimum absolute atomic E-state index is 0.0747. The lowest BCUT2D eigenvalue weighted by atomic mass is 9.87. The van der Waals surface area contributed by atoms with Crippen LogP contribution in [0.2, 0.25) is 0 Å². The number of aliphatic hydroxyl groups excluding tert-OH is 6. The van der Waals surface area contributed by atoms with E-state index in [0.29, 0.717) is 0 Å². The molecule has 12 atom stereocenters. The van der Waals surface area contributed by atoms with Gasteiger partial charge < -0.3 is 64.9 Å². The highest BCUT2D eigenvalue weighted by atomic mass is 32.5. The van der Waals surface area contributed by atoms with Crippen molar-refractivity contribution in [1.29, 1.82) is 0 Å². The van der Waals surface area contributed by atoms with E-state index in [-0.39, 0.29) is 17.0 Å². The minimum Gasteiger partial charge on any atom is -0.394 e. The summed E-state index contributed by atoms with van der Waals surface area (Å²) in [5, 5.41) is 60.5. The van der Waals surface area contributed by atoms with E-state index >= 15 is 0 Å². The molecule has 20 nitrogen and oxygen atoms in total. The second-order valence-electron chi connectivity index (χ2n) is 10.1. The van der Waals surface area contributed by atoms with Gasteiger partial charge in [-0.05, 0) is 18.7 Å². The van der Waals surface area contributed by atoms with Crippen LogP contribution < -0.4 is 5.73 Å². The van der Waals surface area contributed by atoms with Gasteiger partial charge in [-0.25, -0.2) is 23.8 Å². The van der Waals surface area contributed by atoms with E-state index < -0.39 is 88.1 Å². The Morgan fingerprint density at radius 2 is 1.91 bits per heavy atom. The maximum atomic E-state index is 12.7. The van der Waals surface area contributed by atoms with Crippen LogP contribution in [0.15, 0.2) is 25.3 Å². The molecule has 2 saturated heterocycles. The molecule has 248 valence electrons. The highest BCUT2D eigenvalue weighted by Gasteiger charge is 2.63. The number of nitrogens with two attached hydrogens (primary N) is 1. The number of phosphoric ester groups is 1. The summed E-state index contributed by atoms with van der Waals surface area (Å²) in [6.45, 7) is -1.34. The van der Waals surface area contributed by atoms with Gasteiger partial charge in [-0.15, -0.1) is 0 Å². The fourth-order valence-corrected chi connectivity index (χ4v) is 8.02. The maximum absolute atomic E-state index is 12.7. The molecule has 0 bridgehead atoms. The third-order valence-corrected chi connectivity index (χ3v) is 10.7. The largest absolute Gasteiger partial charge is 0.481 e. The van der Waals surface area contributed by atoms with Crippen molar-refractivity contribution < 1.29 is 72.6 Å². The zero-order chi connectivity index (χ0) is 32.8. The fourth-order valence-electron chi connectivity index (χ4n) is 4.86. The Morgan fingerprint density at radius 1 is 1.23 bits per heavy atom. The number of nitrogen functional groups attached to an aromatic ring is 1. The molecule has 2 aliphatic rings. The van der Waals surface area contributed by atoms with Crippen molar-refractivity contribution in [2.45, 2.75) is 67.3 Å². The second-order valence-corrected chi connectivity index (χ2v) is 14.5. The van der Waals surface area contributed by atoms with E-state index in [2.05, 4.69) is 25.8 Å². The normalized spacial score (nSPS) is 37.8. The zero-order valence-corrected chi connectivity index (χ0v) is 25.7. The Hall–Kier alpha value is -1.59. The number of rotatable bonds is 12. The first-order chi connectivity index (χ1) is 20.5. The molecule has 4 rings (SSSR count). The van der Waals surface area contributed by atoms with Crippen LogP contribution in [-0.4, -0.2) is 134 Å². The summed E-state index contributed by atoms with van der Waals surface area (Å²) in [4.78, 5) is 33.1. The summed E-state index contributed by atoms with van der Waals surface area (Å²) >= 11 is 4.85. The van der Waals surface area contributed by atoms with Crippen LogP contribution in [0.4, 0.5) is 5.82 Å². The Labute approximate surface area is 254 Å². The van der Waals surface area contributed by atoms with Crippen molar-refractivity contribution in [3.05, 3.63) is 25.3 Å². The minimum atomic E-state index is -5.49. The molecule has 4 heterocycles. The van der Waals surface area contributed by atoms with E-state index in [4.69, 9.17) is 45.9 Å². The summed E-state index contributed by atoms with van der Waals surface area (Å²) in [6, 6.07) is 0. The monoisotopic (exact) mass is 689 g/mol. The number of fused-ring (bicyclic) bond motifs is 1. The molecule has 0 aromatic carbocycles. The zero-order valence-electron chi connectivity index (χ0n) is 23.1. The van der Waals surface area contributed by atoms with Crippen LogP contribution in [0.1, 0.15) is 13.2 Å². The van der Waals surface area contributed by atoms with Crippen molar-refractivity contribution in [2.24, 2.45) is 0 Å². The predicted molar refractivity (Wildman–Crippen MR) is 148 cm³/mol. The van der Waals surface area contributed by atoms with Gasteiger partial charge in [0.15, 0.2) is 29.6 Å². The Balaban J connectivity index is 1.50. The SMILES string of the molecule is C=C[C@]1(OC)[C@H](n2cnc3c(N)ncnc32)O[C@](C)(COP(O)(=S)OP(=O)(O)OC2OC([C@@H](O)CO)C(O)C(O)C2O)[C@H]1O. The van der Waals surface area contributed by atoms with Gasteiger partial charge >= 0.3 is 14.5 Å². The number of aromatic nitrogens is 4. The van der Waals surface area contributed by atoms with Crippen LogP contribution in [0.3, 0.4) is 0 Å². The van der Waals surface area contributed by atoms with Crippen molar-refractivity contribution in [2.75, 3.05) is 26.1 Å². The summed E-state index contributed by atoms with van der Waals surface area (Å²) < 4.78 is 45.5. The lowest BCUT2D eigenvalue weighted by Gasteiger charge is -2.41. The number of aliphatic hydroxyl groups is 6. The smallest absolute Gasteiger partial charge is 0.394 e. The number of ether oxygens (including phenoxy) is 3. The number of hydrogen-bond donors (Lipinski definition) is 9. The lowest BCUT2D eigenvalue weighted by Crippen LogP contribution is -2.61. The second kappa shape index (κ2) is 12.9. The standard InChI is InChI=1S/C21H33N5O15P2S/c1-4-21(36-3)18(32)20(2,39-19(21)26-8-25-10-15(22)23-7-24-16(10)26)6-37-43(35,44)41-42(33,34)40-17-13(31)11(29)12(30)14(38-17)9(28)5-27/h4,7-9,11-14,17-19,27-32H,1,5-6H2,2-3H3,(H,33,34)(H,35,44)(H2,22,23,24)/t9-,11?,12?,13?,14?,17?,18+,19+,20+,21+,43?/m0/s1. The van der Waals surface area contributed by atoms with E-state index in [1.165, 1.54) is 37.3 Å². The van der Waals surface area contributed by atoms with E-state index in [1.807, 2.05) is 0 Å². The molecule has 23 heteroatoms. The van der Waals surface area contributed by atoms with Crippen molar-refractivity contribution in [3.8, 4) is 0 Å². The molecular weight excluding hydrogens is 656 g/mol. The molecule has 0 amide bonds. The molecule has 2 aliphatic heterocycles. The van der Waals surface area contributed by atoms with Gasteiger partial charge in [0, 0.05) is 7.11 Å². The predicted octanol–water partition coefficient (Wildman–Crippen LogP) is -2.84. The van der Waals surface area contributed by atoms with Crippen LogP contribution >= 0.6 is 14.5 Å².